The van der Waals surface area contributed by atoms with Crippen molar-refractivity contribution in [1.82, 2.24) is 0 Å². The monoisotopic (exact) mass is 418 g/mol. The highest BCUT2D eigenvalue weighted by atomic mass is 79.9. The van der Waals surface area contributed by atoms with Gasteiger partial charge < -0.3 is 9.47 Å². The lowest BCUT2D eigenvalue weighted by Gasteiger charge is -2.10. The summed E-state index contributed by atoms with van der Waals surface area (Å²) in [4.78, 5) is 12.1. The van der Waals surface area contributed by atoms with E-state index in [-0.39, 0.29) is 5.97 Å². The third-order valence-electron chi connectivity index (χ3n) is 2.71. The van der Waals surface area contributed by atoms with Crippen LogP contribution >= 0.6 is 43.2 Å². The number of methoxy groups -OCH3 is 1. The number of carbonyl (C=O) groups excluding carboxylic acids is 1. The second kappa shape index (κ2) is 7.24. The second-order valence-electron chi connectivity index (χ2n) is 3.92. The smallest absolute Gasteiger partial charge is 0.351 e. The Bertz CT molecular complexity index is 610. The number of rotatable bonds is 5. The maximum absolute atomic E-state index is 11.7. The number of thiophene rings is 1. The molecule has 2 aromatic rings. The summed E-state index contributed by atoms with van der Waals surface area (Å²) in [6, 6.07) is 8.00. The first-order valence-electron chi connectivity index (χ1n) is 5.78. The molecule has 0 amide bonds. The highest BCUT2D eigenvalue weighted by Gasteiger charge is 2.19. The first-order chi connectivity index (χ1) is 9.67. The zero-order chi connectivity index (χ0) is 14.5. The van der Waals surface area contributed by atoms with E-state index in [9.17, 15) is 4.79 Å². The molecule has 0 aliphatic carbocycles. The molecule has 0 bridgehead atoms. The molecule has 0 saturated carbocycles. The number of carbonyl (C=O) groups is 1. The van der Waals surface area contributed by atoms with Crippen LogP contribution in [-0.4, -0.2) is 13.1 Å². The van der Waals surface area contributed by atoms with Crippen molar-refractivity contribution >= 4 is 49.2 Å². The molecule has 0 aliphatic heterocycles. The van der Waals surface area contributed by atoms with Gasteiger partial charge in [0.25, 0.3) is 0 Å². The van der Waals surface area contributed by atoms with Crippen LogP contribution in [0.3, 0.4) is 0 Å². The first kappa shape index (κ1) is 15.5. The van der Waals surface area contributed by atoms with Gasteiger partial charge in [0.05, 0.1) is 11.6 Å². The van der Waals surface area contributed by atoms with Crippen molar-refractivity contribution in [2.45, 2.75) is 11.9 Å². The van der Waals surface area contributed by atoms with Crippen LogP contribution in [0.25, 0.3) is 0 Å². The van der Waals surface area contributed by atoms with Crippen molar-refractivity contribution < 1.29 is 14.3 Å². The van der Waals surface area contributed by atoms with E-state index in [4.69, 9.17) is 9.47 Å². The average Bonchev–Trinajstić information content (AvgIpc) is 2.85. The number of esters is 1. The van der Waals surface area contributed by atoms with Crippen LogP contribution < -0.4 is 4.74 Å². The van der Waals surface area contributed by atoms with E-state index in [1.54, 1.807) is 0 Å². The average molecular weight is 420 g/mol. The molecule has 0 spiro atoms. The molecule has 2 rings (SSSR count). The number of hydrogen-bond acceptors (Lipinski definition) is 4. The number of halogens is 2. The summed E-state index contributed by atoms with van der Waals surface area (Å²) in [6.45, 7) is 0.404. The fraction of sp³-hybridized carbons (Fsp3) is 0.214. The van der Waals surface area contributed by atoms with Crippen molar-refractivity contribution in [1.29, 1.82) is 0 Å². The summed E-state index contributed by atoms with van der Waals surface area (Å²) < 4.78 is 11.3. The summed E-state index contributed by atoms with van der Waals surface area (Å²) >= 11 is 8.14. The molecule has 0 unspecified atom stereocenters. The number of hydrogen-bond donors (Lipinski definition) is 0. The predicted molar refractivity (Wildman–Crippen MR) is 86.8 cm³/mol. The van der Waals surface area contributed by atoms with Crippen LogP contribution in [0.1, 0.15) is 20.8 Å². The van der Waals surface area contributed by atoms with E-state index >= 15 is 0 Å². The van der Waals surface area contributed by atoms with Gasteiger partial charge in [0.15, 0.2) is 10.6 Å². The molecule has 20 heavy (non-hydrogen) atoms. The molecule has 1 heterocycles. The summed E-state index contributed by atoms with van der Waals surface area (Å²) in [5, 5.41) is 2.58. The normalized spacial score (nSPS) is 10.3. The van der Waals surface area contributed by atoms with Gasteiger partial charge in [0, 0.05) is 10.7 Å². The summed E-state index contributed by atoms with van der Waals surface area (Å²) in [5.74, 6) is 0.149. The molecule has 1 aromatic heterocycles. The van der Waals surface area contributed by atoms with Gasteiger partial charge in [-0.05, 0) is 27.1 Å². The van der Waals surface area contributed by atoms with Gasteiger partial charge in [-0.3, -0.25) is 0 Å². The van der Waals surface area contributed by atoms with Crippen LogP contribution in [0.5, 0.6) is 5.75 Å². The number of ether oxygens (including phenoxy) is 2. The van der Waals surface area contributed by atoms with Crippen molar-refractivity contribution in [2.24, 2.45) is 0 Å². The molecule has 0 fully saturated rings. The number of alkyl halides is 1. The fourth-order valence-electron chi connectivity index (χ4n) is 1.67. The second-order valence-corrected chi connectivity index (χ2v) is 6.22. The van der Waals surface area contributed by atoms with Gasteiger partial charge in [-0.15, -0.1) is 11.3 Å². The third-order valence-corrected chi connectivity index (χ3v) is 5.15. The molecule has 106 valence electrons. The van der Waals surface area contributed by atoms with Crippen molar-refractivity contribution in [3.8, 4) is 5.75 Å². The Morgan fingerprint density at radius 1 is 1.30 bits per heavy atom. The number of benzene rings is 1. The van der Waals surface area contributed by atoms with Gasteiger partial charge in [-0.2, -0.15) is 0 Å². The largest absolute Gasteiger partial charge is 0.486 e. The lowest BCUT2D eigenvalue weighted by atomic mass is 10.1. The zero-order valence-corrected chi connectivity index (χ0v) is 14.7. The van der Waals surface area contributed by atoms with Crippen LogP contribution in [0.2, 0.25) is 0 Å². The summed E-state index contributed by atoms with van der Waals surface area (Å²) in [7, 11) is 1.36. The fourth-order valence-corrected chi connectivity index (χ4v) is 3.73. The van der Waals surface area contributed by atoms with Crippen molar-refractivity contribution in [2.75, 3.05) is 7.11 Å². The van der Waals surface area contributed by atoms with Crippen LogP contribution in [0.15, 0.2) is 34.1 Å². The van der Waals surface area contributed by atoms with Crippen molar-refractivity contribution in [3.63, 3.8) is 0 Å². The minimum atomic E-state index is -0.385. The van der Waals surface area contributed by atoms with Crippen LogP contribution in [0, 0.1) is 0 Å². The third kappa shape index (κ3) is 3.42. The minimum Gasteiger partial charge on any atom is -0.486 e. The molecule has 3 nitrogen and oxygen atoms in total. The molecule has 0 N–H and O–H groups in total. The van der Waals surface area contributed by atoms with Gasteiger partial charge in [-0.25, -0.2) is 4.79 Å². The Balaban J connectivity index is 2.19. The van der Waals surface area contributed by atoms with E-state index in [0.29, 0.717) is 17.2 Å². The van der Waals surface area contributed by atoms with Crippen LogP contribution in [-0.2, 0) is 16.7 Å². The molecule has 0 saturated heterocycles. The van der Waals surface area contributed by atoms with Crippen molar-refractivity contribution in [3.05, 3.63) is 50.1 Å². The predicted octanol–water partition coefficient (Wildman–Crippen LogP) is 4.77. The Kier molecular flexibility index (Phi) is 5.63. The maximum atomic E-state index is 11.7. The van der Waals surface area contributed by atoms with Gasteiger partial charge in [0.1, 0.15) is 6.61 Å². The molecule has 0 aliphatic rings. The van der Waals surface area contributed by atoms with E-state index in [1.165, 1.54) is 24.0 Å². The molecule has 0 atom stereocenters. The first-order valence-corrected chi connectivity index (χ1v) is 8.57. The van der Waals surface area contributed by atoms with Gasteiger partial charge >= 0.3 is 5.97 Å². The zero-order valence-electron chi connectivity index (χ0n) is 10.7. The Labute approximate surface area is 138 Å². The minimum absolute atomic E-state index is 0.385. The Hall–Kier alpha value is -0.850. The van der Waals surface area contributed by atoms with E-state index in [0.717, 1.165) is 15.4 Å². The van der Waals surface area contributed by atoms with Gasteiger partial charge in [0.2, 0.25) is 0 Å². The quantitative estimate of drug-likeness (QED) is 0.517. The standard InChI is InChI=1S/C14H12Br2O3S/c1-18-14(17)13-12(11(16)8-20-13)19-7-10-5-3-2-4-9(10)6-15/h2-5,8H,6-7H2,1H3. The summed E-state index contributed by atoms with van der Waals surface area (Å²) in [5.41, 5.74) is 2.25. The Morgan fingerprint density at radius 2 is 2.00 bits per heavy atom. The molecule has 1 aromatic carbocycles. The van der Waals surface area contributed by atoms with E-state index in [2.05, 4.69) is 31.9 Å². The SMILES string of the molecule is COC(=O)c1scc(Br)c1OCc1ccccc1CBr. The topological polar surface area (TPSA) is 35.5 Å². The molecule has 6 heteroatoms. The van der Waals surface area contributed by atoms with E-state index < -0.39 is 0 Å². The summed E-state index contributed by atoms with van der Waals surface area (Å²) in [6.07, 6.45) is 0. The van der Waals surface area contributed by atoms with Crippen LogP contribution in [0.4, 0.5) is 0 Å². The maximum Gasteiger partial charge on any atom is 0.351 e. The lowest BCUT2D eigenvalue weighted by molar-refractivity contribution is 0.0601. The highest BCUT2D eigenvalue weighted by Crippen LogP contribution is 2.36. The molecular weight excluding hydrogens is 408 g/mol. The lowest BCUT2D eigenvalue weighted by Crippen LogP contribution is -2.04. The highest BCUT2D eigenvalue weighted by molar-refractivity contribution is 9.10. The Morgan fingerprint density at radius 3 is 2.65 bits per heavy atom. The van der Waals surface area contributed by atoms with E-state index in [1.807, 2.05) is 29.6 Å². The molecular formula is C14H12Br2O3S. The van der Waals surface area contributed by atoms with Gasteiger partial charge in [-0.1, -0.05) is 40.2 Å². The molecule has 0 radical (unpaired) electrons.